The van der Waals surface area contributed by atoms with Crippen LogP contribution in [0.15, 0.2) is 0 Å². The van der Waals surface area contributed by atoms with Crippen molar-refractivity contribution in [3.63, 3.8) is 0 Å². The molecule has 0 spiro atoms. The normalized spacial score (nSPS) is 11.9. The van der Waals surface area contributed by atoms with E-state index in [9.17, 15) is 9.59 Å². The largest absolute Gasteiger partial charge is 0.459 e. The molecule has 76 valence electrons. The molecule has 0 aromatic rings. The summed E-state index contributed by atoms with van der Waals surface area (Å²) in [4.78, 5) is 21.8. The molecular weight excluding hydrogens is 170 g/mol. The Balaban J connectivity index is 3.68. The lowest BCUT2D eigenvalue weighted by molar-refractivity contribution is -0.154. The van der Waals surface area contributed by atoms with Crippen molar-refractivity contribution in [2.24, 2.45) is 5.92 Å². The van der Waals surface area contributed by atoms with Gasteiger partial charge in [0.1, 0.15) is 0 Å². The van der Waals surface area contributed by atoms with Gasteiger partial charge in [0.25, 0.3) is 0 Å². The molecular formula is C9H17NO3. The standard InChI is InChI=1S/C9H17NO3/c1-4-7(3)6-10-8(11)9(12)13-5-2/h7H,4-6H2,1-3H3,(H,10,11). The van der Waals surface area contributed by atoms with E-state index in [4.69, 9.17) is 0 Å². The minimum Gasteiger partial charge on any atom is -0.459 e. The molecule has 0 saturated carbocycles. The second kappa shape index (κ2) is 6.46. The lowest BCUT2D eigenvalue weighted by Crippen LogP contribution is -2.35. The molecule has 0 saturated heterocycles. The molecule has 0 radical (unpaired) electrons. The lowest BCUT2D eigenvalue weighted by Gasteiger charge is -2.08. The first-order valence-corrected chi connectivity index (χ1v) is 4.56. The van der Waals surface area contributed by atoms with Crippen molar-refractivity contribution >= 4 is 11.9 Å². The third-order valence-electron chi connectivity index (χ3n) is 1.77. The first-order chi connectivity index (χ1) is 6.11. The summed E-state index contributed by atoms with van der Waals surface area (Å²) in [5.41, 5.74) is 0. The molecule has 0 rings (SSSR count). The summed E-state index contributed by atoms with van der Waals surface area (Å²) in [5, 5.41) is 2.50. The topological polar surface area (TPSA) is 55.4 Å². The van der Waals surface area contributed by atoms with Gasteiger partial charge in [0, 0.05) is 6.54 Å². The summed E-state index contributed by atoms with van der Waals surface area (Å²) in [6.45, 7) is 6.45. The van der Waals surface area contributed by atoms with E-state index in [1.807, 2.05) is 13.8 Å². The van der Waals surface area contributed by atoms with Gasteiger partial charge in [-0.1, -0.05) is 20.3 Å². The molecule has 4 heteroatoms. The highest BCUT2D eigenvalue weighted by Gasteiger charge is 2.14. The Kier molecular flexibility index (Phi) is 5.93. The first kappa shape index (κ1) is 11.9. The fraction of sp³-hybridized carbons (Fsp3) is 0.778. The van der Waals surface area contributed by atoms with Gasteiger partial charge in [0.15, 0.2) is 0 Å². The van der Waals surface area contributed by atoms with Crippen LogP contribution >= 0.6 is 0 Å². The number of hydrogen-bond acceptors (Lipinski definition) is 3. The second-order valence-electron chi connectivity index (χ2n) is 2.94. The Labute approximate surface area is 78.6 Å². The van der Waals surface area contributed by atoms with Gasteiger partial charge in [-0.15, -0.1) is 0 Å². The average Bonchev–Trinajstić information content (AvgIpc) is 2.13. The van der Waals surface area contributed by atoms with Crippen LogP contribution in [0.1, 0.15) is 27.2 Å². The summed E-state index contributed by atoms with van der Waals surface area (Å²) in [7, 11) is 0. The number of carbonyl (C=O) groups is 2. The highest BCUT2D eigenvalue weighted by atomic mass is 16.5. The molecule has 0 aromatic carbocycles. The van der Waals surface area contributed by atoms with Crippen LogP contribution in [0, 0.1) is 5.92 Å². The Morgan fingerprint density at radius 1 is 1.38 bits per heavy atom. The van der Waals surface area contributed by atoms with Crippen molar-refractivity contribution in [3.8, 4) is 0 Å². The number of hydrogen-bond donors (Lipinski definition) is 1. The molecule has 1 amide bonds. The van der Waals surface area contributed by atoms with Crippen LogP contribution < -0.4 is 5.32 Å². The van der Waals surface area contributed by atoms with Gasteiger partial charge in [-0.2, -0.15) is 0 Å². The van der Waals surface area contributed by atoms with E-state index in [1.165, 1.54) is 0 Å². The molecule has 0 aliphatic heterocycles. The van der Waals surface area contributed by atoms with Gasteiger partial charge in [-0.05, 0) is 12.8 Å². The van der Waals surface area contributed by atoms with Crippen molar-refractivity contribution in [2.45, 2.75) is 27.2 Å². The molecule has 13 heavy (non-hydrogen) atoms. The van der Waals surface area contributed by atoms with Gasteiger partial charge in [-0.25, -0.2) is 4.79 Å². The van der Waals surface area contributed by atoms with Gasteiger partial charge in [0.2, 0.25) is 0 Å². The maximum atomic E-state index is 11.0. The predicted octanol–water partition coefficient (Wildman–Crippen LogP) is 0.712. The van der Waals surface area contributed by atoms with E-state index in [2.05, 4.69) is 10.1 Å². The zero-order chi connectivity index (χ0) is 10.3. The second-order valence-corrected chi connectivity index (χ2v) is 2.94. The predicted molar refractivity (Wildman–Crippen MR) is 49.1 cm³/mol. The van der Waals surface area contributed by atoms with Crippen molar-refractivity contribution in [1.29, 1.82) is 0 Å². The fourth-order valence-corrected chi connectivity index (χ4v) is 0.680. The summed E-state index contributed by atoms with van der Waals surface area (Å²) in [6.07, 6.45) is 0.975. The van der Waals surface area contributed by atoms with E-state index in [0.717, 1.165) is 6.42 Å². The number of esters is 1. The summed E-state index contributed by atoms with van der Waals surface area (Å²) < 4.78 is 4.52. The van der Waals surface area contributed by atoms with Crippen molar-refractivity contribution in [1.82, 2.24) is 5.32 Å². The first-order valence-electron chi connectivity index (χ1n) is 4.56. The molecule has 0 aromatic heterocycles. The molecule has 0 bridgehead atoms. The number of rotatable bonds is 4. The van der Waals surface area contributed by atoms with E-state index in [0.29, 0.717) is 12.5 Å². The fourth-order valence-electron chi connectivity index (χ4n) is 0.680. The van der Waals surface area contributed by atoms with Crippen LogP contribution in [-0.2, 0) is 14.3 Å². The third kappa shape index (κ3) is 5.22. The Morgan fingerprint density at radius 3 is 2.46 bits per heavy atom. The molecule has 1 unspecified atom stereocenters. The average molecular weight is 187 g/mol. The van der Waals surface area contributed by atoms with E-state index >= 15 is 0 Å². The minimum atomic E-state index is -0.800. The lowest BCUT2D eigenvalue weighted by atomic mass is 10.1. The number of ether oxygens (including phenoxy) is 1. The van der Waals surface area contributed by atoms with E-state index in [-0.39, 0.29) is 6.61 Å². The molecule has 1 N–H and O–H groups in total. The number of amides is 1. The van der Waals surface area contributed by atoms with Crippen LogP contribution in [0.2, 0.25) is 0 Å². The highest BCUT2D eigenvalue weighted by Crippen LogP contribution is 1.96. The summed E-state index contributed by atoms with van der Waals surface area (Å²) in [5.74, 6) is -1.06. The minimum absolute atomic E-state index is 0.232. The SMILES string of the molecule is CCOC(=O)C(=O)NCC(C)CC. The monoisotopic (exact) mass is 187 g/mol. The van der Waals surface area contributed by atoms with Gasteiger partial charge in [-0.3, -0.25) is 4.79 Å². The Bertz CT molecular complexity index is 180. The maximum absolute atomic E-state index is 11.0. The van der Waals surface area contributed by atoms with E-state index in [1.54, 1.807) is 6.92 Å². The van der Waals surface area contributed by atoms with Gasteiger partial charge in [0.05, 0.1) is 6.61 Å². The van der Waals surface area contributed by atoms with Crippen LogP contribution in [-0.4, -0.2) is 25.0 Å². The van der Waals surface area contributed by atoms with Crippen LogP contribution in [0.25, 0.3) is 0 Å². The summed E-state index contributed by atoms with van der Waals surface area (Å²) >= 11 is 0. The molecule has 0 aliphatic carbocycles. The van der Waals surface area contributed by atoms with Crippen molar-refractivity contribution < 1.29 is 14.3 Å². The third-order valence-corrected chi connectivity index (χ3v) is 1.77. The van der Waals surface area contributed by atoms with Crippen molar-refractivity contribution in [2.75, 3.05) is 13.2 Å². The summed E-state index contributed by atoms with van der Waals surface area (Å²) in [6, 6.07) is 0. The Morgan fingerprint density at radius 2 is 2.00 bits per heavy atom. The Hall–Kier alpha value is -1.06. The molecule has 1 atom stereocenters. The van der Waals surface area contributed by atoms with Crippen molar-refractivity contribution in [3.05, 3.63) is 0 Å². The zero-order valence-electron chi connectivity index (χ0n) is 8.42. The highest BCUT2D eigenvalue weighted by molar-refractivity contribution is 6.32. The van der Waals surface area contributed by atoms with Crippen LogP contribution in [0.4, 0.5) is 0 Å². The smallest absolute Gasteiger partial charge is 0.396 e. The maximum Gasteiger partial charge on any atom is 0.396 e. The number of nitrogens with one attached hydrogen (secondary N) is 1. The quantitative estimate of drug-likeness (QED) is 0.521. The zero-order valence-corrected chi connectivity index (χ0v) is 8.42. The number of carbonyl (C=O) groups excluding carboxylic acids is 2. The molecule has 0 fully saturated rings. The molecule has 0 aliphatic rings. The van der Waals surface area contributed by atoms with Crippen LogP contribution in [0.3, 0.4) is 0 Å². The van der Waals surface area contributed by atoms with E-state index < -0.39 is 11.9 Å². The van der Waals surface area contributed by atoms with Gasteiger partial charge >= 0.3 is 11.9 Å². The van der Waals surface area contributed by atoms with Gasteiger partial charge < -0.3 is 10.1 Å². The van der Waals surface area contributed by atoms with Crippen LogP contribution in [0.5, 0.6) is 0 Å². The molecule has 0 heterocycles. The molecule has 4 nitrogen and oxygen atoms in total.